The van der Waals surface area contributed by atoms with Crippen molar-refractivity contribution in [3.63, 3.8) is 0 Å². The van der Waals surface area contributed by atoms with E-state index >= 15 is 0 Å². The number of esters is 1. The third kappa shape index (κ3) is 20.0. The molecule has 0 bridgehead atoms. The quantitative estimate of drug-likeness (QED) is 0.0553. The second-order valence-corrected chi connectivity index (χ2v) is 11.8. The Morgan fingerprint density at radius 2 is 1.30 bits per heavy atom. The average Bonchev–Trinajstić information content (AvgIpc) is 2.88. The van der Waals surface area contributed by atoms with Crippen molar-refractivity contribution < 1.29 is 26.9 Å². The van der Waals surface area contributed by atoms with Gasteiger partial charge in [-0.05, 0) is 12.0 Å². The van der Waals surface area contributed by atoms with E-state index in [4.69, 9.17) is 8.92 Å². The van der Waals surface area contributed by atoms with Crippen molar-refractivity contribution >= 4 is 22.4 Å². The molecule has 1 aromatic rings. The standard InChI is InChI=1S/C30H50O6S/c1-2-3-4-5-6-7-8-9-10-11-12-13-14-15-19-22-30(32)35-25-29(23-24-31)26-36-37(33,34)27-28-20-17-16-18-21-28/h16-18,20-21,24,29H,2-15,19,22-23,25-27H2,1H3/t29-/m0/s1. The lowest BCUT2D eigenvalue weighted by molar-refractivity contribution is -0.145. The summed E-state index contributed by atoms with van der Waals surface area (Å²) in [6.45, 7) is 2.06. The molecule has 0 unspecified atom stereocenters. The van der Waals surface area contributed by atoms with E-state index in [0.29, 0.717) is 18.3 Å². The minimum Gasteiger partial charge on any atom is -0.465 e. The highest BCUT2D eigenvalue weighted by atomic mass is 32.2. The minimum atomic E-state index is -3.78. The Morgan fingerprint density at radius 3 is 1.81 bits per heavy atom. The van der Waals surface area contributed by atoms with Crippen molar-refractivity contribution in [3.8, 4) is 0 Å². The first-order valence-corrected chi connectivity index (χ1v) is 16.0. The van der Waals surface area contributed by atoms with Crippen LogP contribution in [0.5, 0.6) is 0 Å². The zero-order valence-electron chi connectivity index (χ0n) is 23.0. The van der Waals surface area contributed by atoms with Crippen molar-refractivity contribution in [1.29, 1.82) is 0 Å². The first-order chi connectivity index (χ1) is 18.0. The van der Waals surface area contributed by atoms with Gasteiger partial charge in [0.2, 0.25) is 0 Å². The van der Waals surface area contributed by atoms with Crippen LogP contribution in [0.2, 0.25) is 0 Å². The molecule has 0 aromatic heterocycles. The van der Waals surface area contributed by atoms with Crippen LogP contribution in [0, 0.1) is 5.92 Å². The maximum Gasteiger partial charge on any atom is 0.305 e. The molecule has 212 valence electrons. The van der Waals surface area contributed by atoms with Gasteiger partial charge >= 0.3 is 5.97 Å². The molecule has 0 saturated heterocycles. The van der Waals surface area contributed by atoms with Crippen LogP contribution in [0.4, 0.5) is 0 Å². The highest BCUT2D eigenvalue weighted by Gasteiger charge is 2.18. The van der Waals surface area contributed by atoms with Crippen LogP contribution < -0.4 is 0 Å². The molecule has 0 aliphatic rings. The molecule has 37 heavy (non-hydrogen) atoms. The van der Waals surface area contributed by atoms with E-state index in [9.17, 15) is 18.0 Å². The monoisotopic (exact) mass is 538 g/mol. The summed E-state index contributed by atoms with van der Waals surface area (Å²) in [7, 11) is -3.78. The van der Waals surface area contributed by atoms with E-state index in [1.807, 2.05) is 6.07 Å². The van der Waals surface area contributed by atoms with E-state index < -0.39 is 16.0 Å². The van der Waals surface area contributed by atoms with Crippen LogP contribution in [-0.4, -0.2) is 33.9 Å². The number of carbonyl (C=O) groups excluding carboxylic acids is 2. The molecule has 7 heteroatoms. The third-order valence-electron chi connectivity index (χ3n) is 6.56. The zero-order valence-corrected chi connectivity index (χ0v) is 23.9. The zero-order chi connectivity index (χ0) is 27.0. The molecular weight excluding hydrogens is 488 g/mol. The average molecular weight is 539 g/mol. The van der Waals surface area contributed by atoms with Crippen LogP contribution in [-0.2, 0) is 34.4 Å². The van der Waals surface area contributed by atoms with Crippen LogP contribution in [0.15, 0.2) is 30.3 Å². The molecule has 1 rings (SSSR count). The van der Waals surface area contributed by atoms with Gasteiger partial charge < -0.3 is 9.53 Å². The summed E-state index contributed by atoms with van der Waals surface area (Å²) < 4.78 is 34.8. The summed E-state index contributed by atoms with van der Waals surface area (Å²) in [4.78, 5) is 23.0. The molecule has 0 fully saturated rings. The molecule has 0 aliphatic carbocycles. The second kappa shape index (κ2) is 22.3. The van der Waals surface area contributed by atoms with Gasteiger partial charge in [0.25, 0.3) is 10.1 Å². The third-order valence-corrected chi connectivity index (χ3v) is 7.75. The summed E-state index contributed by atoms with van der Waals surface area (Å²) in [6.07, 6.45) is 20.1. The normalized spacial score (nSPS) is 12.4. The predicted octanol–water partition coefficient (Wildman–Crippen LogP) is 7.54. The minimum absolute atomic E-state index is 0.0167. The summed E-state index contributed by atoms with van der Waals surface area (Å²) in [5.41, 5.74) is 0.629. The lowest BCUT2D eigenvalue weighted by atomic mass is 10.0. The van der Waals surface area contributed by atoms with Crippen LogP contribution in [0.1, 0.15) is 122 Å². The van der Waals surface area contributed by atoms with Gasteiger partial charge in [0.1, 0.15) is 12.0 Å². The Morgan fingerprint density at radius 1 is 0.784 bits per heavy atom. The molecule has 0 aliphatic heterocycles. The van der Waals surface area contributed by atoms with Gasteiger partial charge in [-0.15, -0.1) is 0 Å². The van der Waals surface area contributed by atoms with Crippen molar-refractivity contribution in [3.05, 3.63) is 35.9 Å². The number of ether oxygens (including phenoxy) is 1. The van der Waals surface area contributed by atoms with Gasteiger partial charge in [-0.1, -0.05) is 127 Å². The highest BCUT2D eigenvalue weighted by molar-refractivity contribution is 7.85. The van der Waals surface area contributed by atoms with E-state index in [2.05, 4.69) is 6.92 Å². The summed E-state index contributed by atoms with van der Waals surface area (Å²) >= 11 is 0. The molecule has 0 radical (unpaired) electrons. The van der Waals surface area contributed by atoms with Crippen molar-refractivity contribution in [2.75, 3.05) is 13.2 Å². The van der Waals surface area contributed by atoms with Gasteiger partial charge in [0.15, 0.2) is 0 Å². The van der Waals surface area contributed by atoms with Gasteiger partial charge in [0.05, 0.1) is 13.2 Å². The molecule has 0 amide bonds. The van der Waals surface area contributed by atoms with Crippen molar-refractivity contribution in [2.45, 2.75) is 122 Å². The second-order valence-electron chi connectivity index (χ2n) is 10.1. The fraction of sp³-hybridized carbons (Fsp3) is 0.733. The lowest BCUT2D eigenvalue weighted by Crippen LogP contribution is -2.22. The van der Waals surface area contributed by atoms with E-state index in [-0.39, 0.29) is 31.4 Å². The maximum atomic E-state index is 12.2. The van der Waals surface area contributed by atoms with Gasteiger partial charge in [-0.25, -0.2) is 0 Å². The Bertz CT molecular complexity index is 794. The van der Waals surface area contributed by atoms with Crippen molar-refractivity contribution in [2.24, 2.45) is 5.92 Å². The van der Waals surface area contributed by atoms with E-state index in [1.165, 1.54) is 77.0 Å². The first kappa shape index (κ1) is 33.3. The predicted molar refractivity (Wildman–Crippen MR) is 150 cm³/mol. The molecule has 0 N–H and O–H groups in total. The van der Waals surface area contributed by atoms with Crippen LogP contribution in [0.3, 0.4) is 0 Å². The number of benzene rings is 1. The summed E-state index contributed by atoms with van der Waals surface area (Å²) in [5, 5.41) is 0. The Balaban J connectivity index is 2.03. The molecular formula is C30H50O6S. The SMILES string of the molecule is CCCCCCCCCCCCCCCCCC(=O)OC[C@H](CC=O)COS(=O)(=O)Cc1ccccc1. The Kier molecular flexibility index (Phi) is 20.0. The summed E-state index contributed by atoms with van der Waals surface area (Å²) in [6, 6.07) is 8.76. The largest absolute Gasteiger partial charge is 0.465 e. The van der Waals surface area contributed by atoms with Gasteiger partial charge in [-0.3, -0.25) is 8.98 Å². The number of aldehydes is 1. The molecule has 6 nitrogen and oxygen atoms in total. The number of rotatable bonds is 25. The number of carbonyl (C=O) groups is 2. The Hall–Kier alpha value is -1.73. The van der Waals surface area contributed by atoms with Gasteiger partial charge in [-0.2, -0.15) is 8.42 Å². The maximum absolute atomic E-state index is 12.2. The number of hydrogen-bond acceptors (Lipinski definition) is 6. The number of unbranched alkanes of at least 4 members (excludes halogenated alkanes) is 14. The topological polar surface area (TPSA) is 86.7 Å². The molecule has 0 spiro atoms. The molecule has 1 atom stereocenters. The summed E-state index contributed by atoms with van der Waals surface area (Å²) in [5.74, 6) is -1.02. The van der Waals surface area contributed by atoms with Crippen LogP contribution in [0.25, 0.3) is 0 Å². The number of hydrogen-bond donors (Lipinski definition) is 0. The fourth-order valence-electron chi connectivity index (χ4n) is 4.26. The molecule has 0 saturated carbocycles. The van der Waals surface area contributed by atoms with Crippen LogP contribution >= 0.6 is 0 Å². The smallest absolute Gasteiger partial charge is 0.305 e. The van der Waals surface area contributed by atoms with E-state index in [0.717, 1.165) is 19.3 Å². The van der Waals surface area contributed by atoms with Crippen molar-refractivity contribution in [1.82, 2.24) is 0 Å². The lowest BCUT2D eigenvalue weighted by Gasteiger charge is -2.15. The van der Waals surface area contributed by atoms with Gasteiger partial charge in [0, 0.05) is 18.8 Å². The first-order valence-electron chi connectivity index (χ1n) is 14.5. The Labute approximate surface area is 226 Å². The van der Waals surface area contributed by atoms with E-state index in [1.54, 1.807) is 24.3 Å². The molecule has 1 aromatic carbocycles. The molecule has 0 heterocycles. The highest BCUT2D eigenvalue weighted by Crippen LogP contribution is 2.15. The fourth-order valence-corrected chi connectivity index (χ4v) is 5.35.